The number of alkyl carbamates (subject to hydrolysis) is 1. The molecule has 1 heterocycles. The number of ether oxygens (including phenoxy) is 1. The molecule has 0 radical (unpaired) electrons. The fraction of sp³-hybridized carbons (Fsp3) is 0.400. The minimum absolute atomic E-state index is 0.123. The molecule has 0 aliphatic carbocycles. The number of carbonyl (C=O) groups excluding carboxylic acids is 1. The Bertz CT molecular complexity index is 122. The predicted octanol–water partition coefficient (Wildman–Crippen LogP) is 0.281. The average molecular weight is 113 g/mol. The number of nitrogens with one attached hydrogen (secondary N) is 1. The van der Waals surface area contributed by atoms with Crippen molar-refractivity contribution in [3.8, 4) is 0 Å². The first-order chi connectivity index (χ1) is 3.83. The zero-order valence-corrected chi connectivity index (χ0v) is 4.39. The van der Waals surface area contributed by atoms with Gasteiger partial charge in [0.1, 0.15) is 6.10 Å². The van der Waals surface area contributed by atoms with E-state index >= 15 is 0 Å². The highest BCUT2D eigenvalue weighted by Gasteiger charge is 2.18. The van der Waals surface area contributed by atoms with Crippen LogP contribution in [0.3, 0.4) is 0 Å². The van der Waals surface area contributed by atoms with E-state index in [0.29, 0.717) is 6.54 Å². The minimum Gasteiger partial charge on any atom is -0.440 e. The van der Waals surface area contributed by atoms with Crippen LogP contribution in [-0.2, 0) is 4.74 Å². The molecule has 1 aliphatic rings. The Morgan fingerprint density at radius 2 is 2.75 bits per heavy atom. The summed E-state index contributed by atoms with van der Waals surface area (Å²) in [6.07, 6.45) is 1.12. The van der Waals surface area contributed by atoms with Gasteiger partial charge in [0.15, 0.2) is 0 Å². The average Bonchev–Trinajstić information content (AvgIpc) is 2.14. The van der Waals surface area contributed by atoms with Crippen molar-refractivity contribution < 1.29 is 9.53 Å². The second kappa shape index (κ2) is 1.86. The number of amides is 1. The molecule has 0 saturated carbocycles. The van der Waals surface area contributed by atoms with Crippen molar-refractivity contribution in [2.75, 3.05) is 6.54 Å². The van der Waals surface area contributed by atoms with Crippen LogP contribution in [-0.4, -0.2) is 18.7 Å². The second-order valence-electron chi connectivity index (χ2n) is 1.56. The van der Waals surface area contributed by atoms with Crippen LogP contribution in [0.4, 0.5) is 4.79 Å². The van der Waals surface area contributed by atoms with Gasteiger partial charge < -0.3 is 10.1 Å². The van der Waals surface area contributed by atoms with E-state index in [1.165, 1.54) is 0 Å². The van der Waals surface area contributed by atoms with Gasteiger partial charge in [-0.2, -0.15) is 0 Å². The Morgan fingerprint density at radius 1 is 2.00 bits per heavy atom. The van der Waals surface area contributed by atoms with Crippen molar-refractivity contribution in [2.24, 2.45) is 0 Å². The first-order valence-electron chi connectivity index (χ1n) is 2.40. The van der Waals surface area contributed by atoms with E-state index < -0.39 is 0 Å². The highest BCUT2D eigenvalue weighted by atomic mass is 16.6. The van der Waals surface area contributed by atoms with Gasteiger partial charge in [0.25, 0.3) is 0 Å². The van der Waals surface area contributed by atoms with E-state index in [1.54, 1.807) is 6.08 Å². The zero-order chi connectivity index (χ0) is 5.98. The van der Waals surface area contributed by atoms with Crippen LogP contribution in [0.25, 0.3) is 0 Å². The highest BCUT2D eigenvalue weighted by molar-refractivity contribution is 5.69. The first-order valence-corrected chi connectivity index (χ1v) is 2.40. The van der Waals surface area contributed by atoms with Gasteiger partial charge in [0, 0.05) is 0 Å². The highest BCUT2D eigenvalue weighted by Crippen LogP contribution is 1.98. The maximum Gasteiger partial charge on any atom is 0.407 e. The Morgan fingerprint density at radius 3 is 3.00 bits per heavy atom. The van der Waals surface area contributed by atoms with Crippen LogP contribution >= 0.6 is 0 Å². The summed E-state index contributed by atoms with van der Waals surface area (Å²) in [5, 5.41) is 2.49. The van der Waals surface area contributed by atoms with Crippen LogP contribution in [0.1, 0.15) is 0 Å². The third-order valence-corrected chi connectivity index (χ3v) is 0.969. The van der Waals surface area contributed by atoms with E-state index in [2.05, 4.69) is 16.6 Å². The van der Waals surface area contributed by atoms with E-state index in [1.807, 2.05) is 0 Å². The van der Waals surface area contributed by atoms with Gasteiger partial charge in [-0.25, -0.2) is 4.79 Å². The molecular formula is C5H7NO2. The quantitative estimate of drug-likeness (QED) is 0.496. The Hall–Kier alpha value is -0.990. The van der Waals surface area contributed by atoms with Crippen molar-refractivity contribution in [3.05, 3.63) is 12.7 Å². The topological polar surface area (TPSA) is 38.3 Å². The molecule has 0 bridgehead atoms. The van der Waals surface area contributed by atoms with Gasteiger partial charge in [-0.3, -0.25) is 0 Å². The van der Waals surface area contributed by atoms with Crippen LogP contribution in [0.2, 0.25) is 0 Å². The molecule has 0 aromatic rings. The van der Waals surface area contributed by atoms with Gasteiger partial charge in [-0.05, 0) is 6.08 Å². The number of hydrogen-bond donors (Lipinski definition) is 1. The second-order valence-corrected chi connectivity index (χ2v) is 1.56. The fourth-order valence-corrected chi connectivity index (χ4v) is 0.536. The van der Waals surface area contributed by atoms with E-state index in [9.17, 15) is 4.79 Å². The molecule has 1 rings (SSSR count). The molecule has 1 unspecified atom stereocenters. The molecule has 0 aromatic heterocycles. The summed E-state index contributed by atoms with van der Waals surface area (Å²) >= 11 is 0. The van der Waals surface area contributed by atoms with Crippen molar-refractivity contribution >= 4 is 6.09 Å². The van der Waals surface area contributed by atoms with Gasteiger partial charge >= 0.3 is 6.09 Å². The monoisotopic (exact) mass is 113 g/mol. The van der Waals surface area contributed by atoms with Crippen LogP contribution in [0.5, 0.6) is 0 Å². The lowest BCUT2D eigenvalue weighted by molar-refractivity contribution is 0.158. The minimum atomic E-state index is -0.352. The Kier molecular flexibility index (Phi) is 1.20. The number of cyclic esters (lactones) is 1. The van der Waals surface area contributed by atoms with Gasteiger partial charge in [-0.15, -0.1) is 0 Å². The summed E-state index contributed by atoms with van der Waals surface area (Å²) in [5.41, 5.74) is 0. The molecule has 1 atom stereocenters. The molecule has 0 aromatic carbocycles. The van der Waals surface area contributed by atoms with Gasteiger partial charge in [0.05, 0.1) is 6.54 Å². The fourth-order valence-electron chi connectivity index (χ4n) is 0.536. The summed E-state index contributed by atoms with van der Waals surface area (Å²) in [7, 11) is 0. The van der Waals surface area contributed by atoms with Crippen LogP contribution in [0, 0.1) is 0 Å². The third-order valence-electron chi connectivity index (χ3n) is 0.969. The van der Waals surface area contributed by atoms with E-state index in [0.717, 1.165) is 0 Å². The smallest absolute Gasteiger partial charge is 0.407 e. The lowest BCUT2D eigenvalue weighted by atomic mass is 10.4. The third kappa shape index (κ3) is 0.804. The predicted molar refractivity (Wildman–Crippen MR) is 28.5 cm³/mol. The summed E-state index contributed by atoms with van der Waals surface area (Å²) in [6.45, 7) is 4.02. The normalized spacial score (nSPS) is 26.5. The largest absolute Gasteiger partial charge is 0.440 e. The lowest BCUT2D eigenvalue weighted by Gasteiger charge is -1.95. The molecule has 44 valence electrons. The standard InChI is InChI=1S/C5H7NO2/c1-2-4-3-6-5(7)8-4/h2,4H,1,3H2,(H,6,7). The molecule has 0 spiro atoms. The number of carbonyl (C=O) groups is 1. The van der Waals surface area contributed by atoms with Crippen molar-refractivity contribution in [2.45, 2.75) is 6.10 Å². The molecule has 1 N–H and O–H groups in total. The van der Waals surface area contributed by atoms with Crippen LogP contribution in [0.15, 0.2) is 12.7 Å². The number of rotatable bonds is 1. The van der Waals surface area contributed by atoms with Crippen molar-refractivity contribution in [1.29, 1.82) is 0 Å². The number of hydrogen-bond acceptors (Lipinski definition) is 2. The Balaban J connectivity index is 2.43. The molecular weight excluding hydrogens is 106 g/mol. The van der Waals surface area contributed by atoms with Crippen LogP contribution < -0.4 is 5.32 Å². The summed E-state index contributed by atoms with van der Waals surface area (Å²) in [4.78, 5) is 10.2. The van der Waals surface area contributed by atoms with Gasteiger partial charge in [0.2, 0.25) is 0 Å². The lowest BCUT2D eigenvalue weighted by Crippen LogP contribution is -2.13. The summed E-state index contributed by atoms with van der Waals surface area (Å²) in [5.74, 6) is 0. The van der Waals surface area contributed by atoms with E-state index in [-0.39, 0.29) is 12.2 Å². The molecule has 3 heteroatoms. The first kappa shape index (κ1) is 5.15. The molecule has 8 heavy (non-hydrogen) atoms. The van der Waals surface area contributed by atoms with Crippen molar-refractivity contribution in [3.63, 3.8) is 0 Å². The molecule has 1 saturated heterocycles. The zero-order valence-electron chi connectivity index (χ0n) is 4.39. The van der Waals surface area contributed by atoms with Gasteiger partial charge in [-0.1, -0.05) is 6.58 Å². The molecule has 1 fully saturated rings. The molecule has 1 amide bonds. The Labute approximate surface area is 47.3 Å². The summed E-state index contributed by atoms with van der Waals surface area (Å²) in [6, 6.07) is 0. The molecule has 1 aliphatic heterocycles. The maximum absolute atomic E-state index is 10.2. The summed E-state index contributed by atoms with van der Waals surface area (Å²) < 4.78 is 4.64. The maximum atomic E-state index is 10.2. The van der Waals surface area contributed by atoms with E-state index in [4.69, 9.17) is 0 Å². The SMILES string of the molecule is C=CC1CNC(=O)O1. The molecule has 3 nitrogen and oxygen atoms in total. The van der Waals surface area contributed by atoms with Crippen molar-refractivity contribution in [1.82, 2.24) is 5.32 Å².